The third-order valence-corrected chi connectivity index (χ3v) is 6.29. The van der Waals surface area contributed by atoms with Crippen LogP contribution in [0.4, 0.5) is 8.78 Å². The number of aromatic amines is 1. The van der Waals surface area contributed by atoms with Crippen molar-refractivity contribution in [3.8, 4) is 0 Å². The minimum absolute atomic E-state index is 0.200. The second-order valence-corrected chi connectivity index (χ2v) is 8.55. The summed E-state index contributed by atoms with van der Waals surface area (Å²) in [7, 11) is 0. The van der Waals surface area contributed by atoms with E-state index in [2.05, 4.69) is 20.1 Å². The zero-order valence-electron chi connectivity index (χ0n) is 16.9. The zero-order chi connectivity index (χ0) is 22.5. The Bertz CT molecular complexity index is 1200. The van der Waals surface area contributed by atoms with Gasteiger partial charge in [-0.3, -0.25) is 14.3 Å². The van der Waals surface area contributed by atoms with E-state index in [9.17, 15) is 18.4 Å². The summed E-state index contributed by atoms with van der Waals surface area (Å²) in [6.45, 7) is -2.05. The van der Waals surface area contributed by atoms with Crippen LogP contribution in [0.5, 0.6) is 0 Å². The third kappa shape index (κ3) is 3.84. The maximum atomic E-state index is 13.1. The number of halogens is 3. The van der Waals surface area contributed by atoms with Gasteiger partial charge in [0.2, 0.25) is 0 Å². The molecule has 1 aromatic carbocycles. The summed E-state index contributed by atoms with van der Waals surface area (Å²) in [6.07, 6.45) is 2.59. The van der Waals surface area contributed by atoms with Gasteiger partial charge in [0.25, 0.3) is 11.8 Å². The summed E-state index contributed by atoms with van der Waals surface area (Å²) in [5, 5.41) is 8.37. The van der Waals surface area contributed by atoms with E-state index < -0.39 is 18.1 Å². The molecule has 5 rings (SSSR count). The van der Waals surface area contributed by atoms with Gasteiger partial charge in [-0.15, -0.1) is 0 Å². The molecule has 8 nitrogen and oxygen atoms in total. The first-order valence-corrected chi connectivity index (χ1v) is 10.6. The molecule has 2 aromatic heterocycles. The standard InChI is InChI=1S/C21H20ClF2N5O3/c22-14-2-1-3-15-12(14)8-16(26-15)19(31)28-6-7-29-17(10-28)13(9-25-29)18(30)27-21(4-5-21)11-32-20(23)24/h1-3,8-9,20,26H,4-7,10-11H2,(H,27,30). The van der Waals surface area contributed by atoms with E-state index in [1.165, 1.54) is 6.20 Å². The molecule has 32 heavy (non-hydrogen) atoms. The smallest absolute Gasteiger partial charge is 0.345 e. The third-order valence-electron chi connectivity index (χ3n) is 5.96. The molecule has 1 saturated carbocycles. The lowest BCUT2D eigenvalue weighted by atomic mass is 10.1. The Kier molecular flexibility index (Phi) is 5.13. The van der Waals surface area contributed by atoms with Crippen molar-refractivity contribution in [2.24, 2.45) is 0 Å². The summed E-state index contributed by atoms with van der Waals surface area (Å²) >= 11 is 6.21. The van der Waals surface area contributed by atoms with Crippen molar-refractivity contribution < 1.29 is 23.1 Å². The molecule has 1 aliphatic heterocycles. The highest BCUT2D eigenvalue weighted by Gasteiger charge is 2.45. The first-order valence-electron chi connectivity index (χ1n) is 10.2. The number of hydrogen-bond acceptors (Lipinski definition) is 4. The number of amides is 2. The molecule has 0 spiro atoms. The summed E-state index contributed by atoms with van der Waals surface area (Å²) < 4.78 is 30.9. The van der Waals surface area contributed by atoms with Gasteiger partial charge < -0.3 is 19.9 Å². The average molecular weight is 464 g/mol. The number of carbonyl (C=O) groups is 2. The highest BCUT2D eigenvalue weighted by Crippen LogP contribution is 2.36. The van der Waals surface area contributed by atoms with Crippen molar-refractivity contribution in [1.29, 1.82) is 0 Å². The number of nitrogens with one attached hydrogen (secondary N) is 2. The van der Waals surface area contributed by atoms with Crippen LogP contribution in [0.2, 0.25) is 5.02 Å². The normalized spacial score (nSPS) is 16.9. The van der Waals surface area contributed by atoms with Gasteiger partial charge in [0, 0.05) is 22.5 Å². The fourth-order valence-corrected chi connectivity index (χ4v) is 4.23. The van der Waals surface area contributed by atoms with E-state index in [1.54, 1.807) is 27.8 Å². The van der Waals surface area contributed by atoms with E-state index in [4.69, 9.17) is 11.6 Å². The number of rotatable bonds is 6. The Morgan fingerprint density at radius 1 is 1.31 bits per heavy atom. The van der Waals surface area contributed by atoms with Gasteiger partial charge in [0.1, 0.15) is 5.69 Å². The van der Waals surface area contributed by atoms with E-state index >= 15 is 0 Å². The number of nitrogens with zero attached hydrogens (tertiary/aromatic N) is 3. The lowest BCUT2D eigenvalue weighted by molar-refractivity contribution is -0.135. The molecule has 168 valence electrons. The Morgan fingerprint density at radius 2 is 2.12 bits per heavy atom. The first-order chi connectivity index (χ1) is 15.3. The SMILES string of the molecule is O=C(NC1(COC(F)F)CC1)c1cnn2c1CN(C(=O)c1cc3c(Cl)cccc3[nH]1)CC2. The van der Waals surface area contributed by atoms with Gasteiger partial charge in [0.15, 0.2) is 0 Å². The van der Waals surface area contributed by atoms with Crippen molar-refractivity contribution in [3.05, 3.63) is 52.4 Å². The van der Waals surface area contributed by atoms with Crippen LogP contribution in [0.15, 0.2) is 30.5 Å². The number of alkyl halides is 2. The van der Waals surface area contributed by atoms with Crippen LogP contribution >= 0.6 is 11.6 Å². The summed E-state index contributed by atoms with van der Waals surface area (Å²) in [5.41, 5.74) is 1.33. The number of carbonyl (C=O) groups excluding carboxylic acids is 2. The zero-order valence-corrected chi connectivity index (χ0v) is 17.7. The molecule has 3 heterocycles. The topological polar surface area (TPSA) is 92.2 Å². The summed E-state index contributed by atoms with van der Waals surface area (Å²) in [4.78, 5) is 30.7. The van der Waals surface area contributed by atoms with Gasteiger partial charge >= 0.3 is 6.61 Å². The minimum Gasteiger partial charge on any atom is -0.350 e. The Morgan fingerprint density at radius 3 is 2.84 bits per heavy atom. The number of fused-ring (bicyclic) bond motifs is 2. The van der Waals surface area contributed by atoms with Crippen LogP contribution in [0.1, 0.15) is 39.4 Å². The van der Waals surface area contributed by atoms with E-state index in [0.29, 0.717) is 47.9 Å². The lowest BCUT2D eigenvalue weighted by Gasteiger charge is -2.28. The Balaban J connectivity index is 1.32. The molecule has 1 fully saturated rings. The lowest BCUT2D eigenvalue weighted by Crippen LogP contribution is -2.42. The summed E-state index contributed by atoms with van der Waals surface area (Å²) in [5.74, 6) is -0.617. The van der Waals surface area contributed by atoms with Crippen molar-refractivity contribution in [1.82, 2.24) is 25.0 Å². The predicted molar refractivity (Wildman–Crippen MR) is 112 cm³/mol. The molecule has 0 atom stereocenters. The fraction of sp³-hybridized carbons (Fsp3) is 0.381. The molecule has 2 aliphatic rings. The quantitative estimate of drug-likeness (QED) is 0.587. The minimum atomic E-state index is -2.88. The first kappa shape index (κ1) is 20.9. The second-order valence-electron chi connectivity index (χ2n) is 8.14. The molecule has 2 amide bonds. The average Bonchev–Trinajstić information content (AvgIpc) is 3.20. The number of H-pyrrole nitrogens is 1. The van der Waals surface area contributed by atoms with Crippen molar-refractivity contribution in [3.63, 3.8) is 0 Å². The molecule has 0 radical (unpaired) electrons. The maximum Gasteiger partial charge on any atom is 0.345 e. The molecule has 2 N–H and O–H groups in total. The van der Waals surface area contributed by atoms with Gasteiger partial charge in [-0.05, 0) is 31.0 Å². The molecule has 1 aliphatic carbocycles. The van der Waals surface area contributed by atoms with Crippen molar-refractivity contribution in [2.75, 3.05) is 13.2 Å². The van der Waals surface area contributed by atoms with E-state index in [0.717, 1.165) is 10.9 Å². The molecule has 0 unspecified atom stereocenters. The highest BCUT2D eigenvalue weighted by atomic mass is 35.5. The van der Waals surface area contributed by atoms with Crippen LogP contribution in [0, 0.1) is 0 Å². The summed E-state index contributed by atoms with van der Waals surface area (Å²) in [6, 6.07) is 7.13. The molecule has 11 heteroatoms. The van der Waals surface area contributed by atoms with Gasteiger partial charge in [-0.2, -0.15) is 13.9 Å². The van der Waals surface area contributed by atoms with E-state index in [1.807, 2.05) is 6.07 Å². The van der Waals surface area contributed by atoms with E-state index in [-0.39, 0.29) is 19.1 Å². The molecule has 0 bridgehead atoms. The van der Waals surface area contributed by atoms with Crippen molar-refractivity contribution >= 4 is 34.3 Å². The monoisotopic (exact) mass is 463 g/mol. The molecular formula is C21H20ClF2N5O3. The number of aromatic nitrogens is 3. The van der Waals surface area contributed by atoms with Crippen molar-refractivity contribution in [2.45, 2.75) is 38.1 Å². The number of ether oxygens (including phenoxy) is 1. The van der Waals surface area contributed by atoms with Gasteiger partial charge in [0.05, 0.1) is 42.7 Å². The van der Waals surface area contributed by atoms with Crippen LogP contribution in [0.25, 0.3) is 10.9 Å². The second kappa shape index (κ2) is 7.86. The molecular weight excluding hydrogens is 444 g/mol. The van der Waals surface area contributed by atoms with Gasteiger partial charge in [-0.25, -0.2) is 0 Å². The molecule has 0 saturated heterocycles. The van der Waals surface area contributed by atoms with Crippen LogP contribution in [0.3, 0.4) is 0 Å². The maximum absolute atomic E-state index is 13.1. The largest absolute Gasteiger partial charge is 0.350 e. The Labute approximate surface area is 186 Å². The van der Waals surface area contributed by atoms with Gasteiger partial charge in [-0.1, -0.05) is 17.7 Å². The number of hydrogen-bond donors (Lipinski definition) is 2. The Hall–Kier alpha value is -2.98. The fourth-order valence-electron chi connectivity index (χ4n) is 4.00. The van der Waals surface area contributed by atoms with Crippen LogP contribution in [-0.4, -0.2) is 56.8 Å². The predicted octanol–water partition coefficient (Wildman–Crippen LogP) is 3.18. The van der Waals surface area contributed by atoms with Crippen LogP contribution in [-0.2, 0) is 17.8 Å². The molecule has 3 aromatic rings. The number of benzene rings is 1. The van der Waals surface area contributed by atoms with Crippen LogP contribution < -0.4 is 5.32 Å². The highest BCUT2D eigenvalue weighted by molar-refractivity contribution is 6.35.